The molecule has 0 aromatic heterocycles. The standard InChI is InChI=1S/C13H16O4/c1-13(2,3)12(16)17-11(15)10(14)9-7-5-4-6-8-9/h4-8,10,14H,1-3H3. The smallest absolute Gasteiger partial charge is 0.347 e. The molecule has 17 heavy (non-hydrogen) atoms. The average Bonchev–Trinajstić information content (AvgIpc) is 2.27. The van der Waals surface area contributed by atoms with E-state index in [1.807, 2.05) is 0 Å². The molecule has 0 aliphatic carbocycles. The van der Waals surface area contributed by atoms with Crippen LogP contribution in [0.3, 0.4) is 0 Å². The molecule has 0 heterocycles. The summed E-state index contributed by atoms with van der Waals surface area (Å²) in [5.41, 5.74) is -0.370. The van der Waals surface area contributed by atoms with Crippen molar-refractivity contribution >= 4 is 11.9 Å². The van der Waals surface area contributed by atoms with E-state index in [-0.39, 0.29) is 0 Å². The number of hydrogen-bond donors (Lipinski definition) is 1. The van der Waals surface area contributed by atoms with E-state index in [0.717, 1.165) is 0 Å². The Hall–Kier alpha value is -1.68. The van der Waals surface area contributed by atoms with Crippen LogP contribution >= 0.6 is 0 Å². The van der Waals surface area contributed by atoms with Crippen LogP contribution in [0.15, 0.2) is 30.3 Å². The van der Waals surface area contributed by atoms with Gasteiger partial charge in [0.15, 0.2) is 6.10 Å². The molecule has 0 radical (unpaired) electrons. The van der Waals surface area contributed by atoms with Crippen molar-refractivity contribution in [2.24, 2.45) is 5.41 Å². The summed E-state index contributed by atoms with van der Waals surface area (Å²) in [5, 5.41) is 9.68. The summed E-state index contributed by atoms with van der Waals surface area (Å²) in [7, 11) is 0. The van der Waals surface area contributed by atoms with Gasteiger partial charge in [-0.3, -0.25) is 4.79 Å². The molecule has 92 valence electrons. The molecule has 1 rings (SSSR count). The van der Waals surface area contributed by atoms with Gasteiger partial charge < -0.3 is 9.84 Å². The van der Waals surface area contributed by atoms with Gasteiger partial charge in [0.1, 0.15) is 0 Å². The van der Waals surface area contributed by atoms with Gasteiger partial charge in [-0.25, -0.2) is 4.79 Å². The summed E-state index contributed by atoms with van der Waals surface area (Å²) in [6.45, 7) is 4.91. The summed E-state index contributed by atoms with van der Waals surface area (Å²) in [4.78, 5) is 23.0. The number of hydrogen-bond acceptors (Lipinski definition) is 4. The van der Waals surface area contributed by atoms with Crippen LogP contribution in [0.5, 0.6) is 0 Å². The third-order valence-corrected chi connectivity index (χ3v) is 2.14. The van der Waals surface area contributed by atoms with Crippen LogP contribution in [-0.4, -0.2) is 17.0 Å². The van der Waals surface area contributed by atoms with Crippen molar-refractivity contribution in [2.75, 3.05) is 0 Å². The van der Waals surface area contributed by atoms with Crippen LogP contribution in [0.4, 0.5) is 0 Å². The zero-order valence-corrected chi connectivity index (χ0v) is 10.1. The largest absolute Gasteiger partial charge is 0.391 e. The van der Waals surface area contributed by atoms with E-state index in [1.54, 1.807) is 51.1 Å². The van der Waals surface area contributed by atoms with Gasteiger partial charge in [-0.1, -0.05) is 30.3 Å². The topological polar surface area (TPSA) is 63.6 Å². The highest BCUT2D eigenvalue weighted by atomic mass is 16.6. The van der Waals surface area contributed by atoms with E-state index >= 15 is 0 Å². The first kappa shape index (κ1) is 13.4. The lowest BCUT2D eigenvalue weighted by molar-refractivity contribution is -0.171. The number of carbonyl (C=O) groups excluding carboxylic acids is 2. The molecule has 1 aromatic carbocycles. The molecule has 0 bridgehead atoms. The predicted octanol–water partition coefficient (Wildman–Crippen LogP) is 1.84. The first-order chi connectivity index (χ1) is 7.82. The summed E-state index contributed by atoms with van der Waals surface area (Å²) in [5.74, 6) is -1.60. The van der Waals surface area contributed by atoms with Crippen molar-refractivity contribution in [3.8, 4) is 0 Å². The molecule has 0 saturated carbocycles. The summed E-state index contributed by atoms with van der Waals surface area (Å²) in [6.07, 6.45) is -1.43. The Balaban J connectivity index is 2.69. The third-order valence-electron chi connectivity index (χ3n) is 2.14. The Morgan fingerprint density at radius 3 is 2.18 bits per heavy atom. The Bertz CT molecular complexity index is 403. The lowest BCUT2D eigenvalue weighted by atomic mass is 9.97. The first-order valence-electron chi connectivity index (χ1n) is 5.31. The third kappa shape index (κ3) is 3.67. The predicted molar refractivity (Wildman–Crippen MR) is 62.0 cm³/mol. The van der Waals surface area contributed by atoms with Crippen LogP contribution in [0.2, 0.25) is 0 Å². The molecule has 0 aliphatic heterocycles. The van der Waals surface area contributed by atoms with Crippen molar-refractivity contribution in [3.05, 3.63) is 35.9 Å². The van der Waals surface area contributed by atoms with Gasteiger partial charge in [-0.05, 0) is 26.3 Å². The van der Waals surface area contributed by atoms with Crippen molar-refractivity contribution in [3.63, 3.8) is 0 Å². The Morgan fingerprint density at radius 1 is 1.18 bits per heavy atom. The monoisotopic (exact) mass is 236 g/mol. The second-order valence-corrected chi connectivity index (χ2v) is 4.77. The number of esters is 2. The zero-order chi connectivity index (χ0) is 13.1. The molecule has 4 nitrogen and oxygen atoms in total. The van der Waals surface area contributed by atoms with Gasteiger partial charge in [0.2, 0.25) is 0 Å². The fraction of sp³-hybridized carbons (Fsp3) is 0.385. The molecule has 1 aromatic rings. The molecule has 1 N–H and O–H groups in total. The SMILES string of the molecule is CC(C)(C)C(=O)OC(=O)C(O)c1ccccc1. The second-order valence-electron chi connectivity index (χ2n) is 4.77. The number of aliphatic hydroxyl groups is 1. The summed E-state index contributed by atoms with van der Waals surface area (Å²) in [6, 6.07) is 8.33. The zero-order valence-electron chi connectivity index (χ0n) is 10.1. The normalized spacial score (nSPS) is 12.9. The van der Waals surface area contributed by atoms with Crippen LogP contribution < -0.4 is 0 Å². The Morgan fingerprint density at radius 2 is 1.71 bits per heavy atom. The van der Waals surface area contributed by atoms with Gasteiger partial charge in [0.05, 0.1) is 5.41 Å². The molecule has 4 heteroatoms. The van der Waals surface area contributed by atoms with Gasteiger partial charge in [-0.2, -0.15) is 0 Å². The van der Waals surface area contributed by atoms with E-state index in [1.165, 1.54) is 0 Å². The summed E-state index contributed by atoms with van der Waals surface area (Å²) >= 11 is 0. The molecule has 1 atom stereocenters. The summed E-state index contributed by atoms with van der Waals surface area (Å²) < 4.78 is 4.60. The minimum atomic E-state index is -1.43. The van der Waals surface area contributed by atoms with Crippen LogP contribution in [0.1, 0.15) is 32.4 Å². The van der Waals surface area contributed by atoms with Crippen LogP contribution in [-0.2, 0) is 14.3 Å². The van der Waals surface area contributed by atoms with Gasteiger partial charge >= 0.3 is 11.9 Å². The maximum absolute atomic E-state index is 11.5. The van der Waals surface area contributed by atoms with E-state index in [0.29, 0.717) is 5.56 Å². The minimum absolute atomic E-state index is 0.402. The Labute approximate surface area is 100 Å². The fourth-order valence-corrected chi connectivity index (χ4v) is 1.07. The number of ether oxygens (including phenoxy) is 1. The molecule has 0 aliphatic rings. The van der Waals surface area contributed by atoms with E-state index in [9.17, 15) is 14.7 Å². The van der Waals surface area contributed by atoms with E-state index in [4.69, 9.17) is 0 Å². The number of aliphatic hydroxyl groups excluding tert-OH is 1. The highest BCUT2D eigenvalue weighted by Gasteiger charge is 2.29. The quantitative estimate of drug-likeness (QED) is 0.628. The van der Waals surface area contributed by atoms with Crippen LogP contribution in [0, 0.1) is 5.41 Å². The second kappa shape index (κ2) is 5.10. The maximum atomic E-state index is 11.5. The Kier molecular flexibility index (Phi) is 4.02. The first-order valence-corrected chi connectivity index (χ1v) is 5.31. The van der Waals surface area contributed by atoms with Crippen molar-refractivity contribution in [2.45, 2.75) is 26.9 Å². The molecule has 0 spiro atoms. The molecule has 0 saturated heterocycles. The molecular weight excluding hydrogens is 220 g/mol. The molecule has 1 unspecified atom stereocenters. The maximum Gasteiger partial charge on any atom is 0.347 e. The minimum Gasteiger partial charge on any atom is -0.391 e. The highest BCUT2D eigenvalue weighted by molar-refractivity contribution is 5.90. The lowest BCUT2D eigenvalue weighted by Gasteiger charge is -2.17. The fourth-order valence-electron chi connectivity index (χ4n) is 1.07. The number of rotatable bonds is 2. The molecule has 0 fully saturated rings. The van der Waals surface area contributed by atoms with Crippen molar-refractivity contribution < 1.29 is 19.4 Å². The average molecular weight is 236 g/mol. The van der Waals surface area contributed by atoms with Gasteiger partial charge in [0.25, 0.3) is 0 Å². The highest BCUT2D eigenvalue weighted by Crippen LogP contribution is 2.19. The number of carbonyl (C=O) groups is 2. The van der Waals surface area contributed by atoms with Crippen LogP contribution in [0.25, 0.3) is 0 Å². The van der Waals surface area contributed by atoms with Gasteiger partial charge in [-0.15, -0.1) is 0 Å². The van der Waals surface area contributed by atoms with Crippen molar-refractivity contribution in [1.82, 2.24) is 0 Å². The van der Waals surface area contributed by atoms with Crippen molar-refractivity contribution in [1.29, 1.82) is 0 Å². The lowest BCUT2D eigenvalue weighted by Crippen LogP contribution is -2.28. The number of benzene rings is 1. The molecule has 0 amide bonds. The van der Waals surface area contributed by atoms with E-state index < -0.39 is 23.5 Å². The molecular formula is C13H16O4. The van der Waals surface area contributed by atoms with E-state index in [2.05, 4.69) is 4.74 Å². The van der Waals surface area contributed by atoms with Gasteiger partial charge in [0, 0.05) is 0 Å².